The van der Waals surface area contributed by atoms with Crippen molar-refractivity contribution in [2.24, 2.45) is 0 Å². The molecule has 14 heavy (non-hydrogen) atoms. The summed E-state index contributed by atoms with van der Waals surface area (Å²) in [6.45, 7) is 0. The largest absolute Gasteiger partial charge is 0.359 e. The van der Waals surface area contributed by atoms with Crippen molar-refractivity contribution >= 4 is 38.4 Å². The Bertz CT molecular complexity index is 566. The Hall–Kier alpha value is -0.870. The lowest BCUT2D eigenvalue weighted by Crippen LogP contribution is -2.01. The third-order valence-corrected chi connectivity index (χ3v) is 3.19. The van der Waals surface area contributed by atoms with E-state index in [-0.39, 0.29) is 25.8 Å². The zero-order valence-electron chi connectivity index (χ0n) is 6.77. The first-order valence-electron chi connectivity index (χ1n) is 3.76. The lowest BCUT2D eigenvalue weighted by molar-refractivity contribution is 0.630. The second-order valence-electron chi connectivity index (χ2n) is 2.75. The van der Waals surface area contributed by atoms with Gasteiger partial charge in [-0.2, -0.15) is 0 Å². The summed E-state index contributed by atoms with van der Waals surface area (Å²) in [5, 5.41) is 0.435. The highest BCUT2D eigenvalue weighted by Gasteiger charge is 2.11. The molecular formula is C9H4BrClFNO. The summed E-state index contributed by atoms with van der Waals surface area (Å²) in [6, 6.07) is 2.76. The molecule has 5 heteroatoms. The van der Waals surface area contributed by atoms with E-state index in [0.29, 0.717) is 0 Å². The molecule has 1 N–H and O–H groups in total. The van der Waals surface area contributed by atoms with Gasteiger partial charge in [0.15, 0.2) is 11.2 Å². The van der Waals surface area contributed by atoms with Crippen molar-refractivity contribution in [3.8, 4) is 0 Å². The minimum Gasteiger partial charge on any atom is -0.359 e. The number of hydrogen-bond acceptors (Lipinski definition) is 1. The van der Waals surface area contributed by atoms with Gasteiger partial charge >= 0.3 is 0 Å². The summed E-state index contributed by atoms with van der Waals surface area (Å²) in [6.07, 6.45) is 1.40. The SMILES string of the molecule is O=c1cc[nH]c2c(F)c(Br)c(Cl)cc12. The summed E-state index contributed by atoms with van der Waals surface area (Å²) >= 11 is 8.72. The summed E-state index contributed by atoms with van der Waals surface area (Å²) in [4.78, 5) is 14.0. The first-order chi connectivity index (χ1) is 6.61. The van der Waals surface area contributed by atoms with Crippen LogP contribution in [0, 0.1) is 5.82 Å². The van der Waals surface area contributed by atoms with Crippen LogP contribution in [-0.4, -0.2) is 4.98 Å². The van der Waals surface area contributed by atoms with Crippen LogP contribution >= 0.6 is 27.5 Å². The third kappa shape index (κ3) is 1.35. The Morgan fingerprint density at radius 3 is 2.93 bits per heavy atom. The van der Waals surface area contributed by atoms with Gasteiger partial charge in [0.1, 0.15) is 0 Å². The van der Waals surface area contributed by atoms with E-state index in [0.717, 1.165) is 0 Å². The number of hydrogen-bond donors (Lipinski definition) is 1. The predicted molar refractivity (Wildman–Crippen MR) is 57.2 cm³/mol. The summed E-state index contributed by atoms with van der Waals surface area (Å²) < 4.78 is 13.7. The van der Waals surface area contributed by atoms with Crippen molar-refractivity contribution in [2.45, 2.75) is 0 Å². The van der Waals surface area contributed by atoms with Gasteiger partial charge in [0.05, 0.1) is 15.0 Å². The smallest absolute Gasteiger partial charge is 0.189 e. The van der Waals surface area contributed by atoms with Crippen LogP contribution in [0.4, 0.5) is 4.39 Å². The molecule has 2 aromatic rings. The molecule has 0 bridgehead atoms. The van der Waals surface area contributed by atoms with E-state index >= 15 is 0 Å². The molecule has 2 nitrogen and oxygen atoms in total. The molecule has 1 aromatic heterocycles. The van der Waals surface area contributed by atoms with Crippen LogP contribution < -0.4 is 5.43 Å². The third-order valence-electron chi connectivity index (χ3n) is 1.89. The number of aromatic amines is 1. The fraction of sp³-hybridized carbons (Fsp3) is 0. The second kappa shape index (κ2) is 3.37. The normalized spacial score (nSPS) is 10.8. The monoisotopic (exact) mass is 275 g/mol. The fourth-order valence-electron chi connectivity index (χ4n) is 1.22. The van der Waals surface area contributed by atoms with Gasteiger partial charge in [0.2, 0.25) is 0 Å². The maximum Gasteiger partial charge on any atom is 0.189 e. The standard InChI is InChI=1S/C9H4BrClFNO/c10-7-5(11)3-4-6(14)1-2-13-9(4)8(7)12/h1-3H,(H,13,14). The van der Waals surface area contributed by atoms with Crippen molar-refractivity contribution in [2.75, 3.05) is 0 Å². The predicted octanol–water partition coefficient (Wildman–Crippen LogP) is 3.08. The zero-order valence-corrected chi connectivity index (χ0v) is 9.12. The van der Waals surface area contributed by atoms with Gasteiger partial charge in [-0.05, 0) is 22.0 Å². The van der Waals surface area contributed by atoms with E-state index in [1.165, 1.54) is 18.3 Å². The van der Waals surface area contributed by atoms with Crippen molar-refractivity contribution in [1.82, 2.24) is 4.98 Å². The molecule has 0 aliphatic heterocycles. The summed E-state index contributed by atoms with van der Waals surface area (Å²) in [7, 11) is 0. The topological polar surface area (TPSA) is 32.9 Å². The summed E-state index contributed by atoms with van der Waals surface area (Å²) in [5.74, 6) is -0.551. The molecule has 0 aliphatic rings. The molecule has 0 amide bonds. The zero-order chi connectivity index (χ0) is 10.3. The van der Waals surface area contributed by atoms with Gasteiger partial charge in [0.25, 0.3) is 0 Å². The molecule has 72 valence electrons. The van der Waals surface area contributed by atoms with Gasteiger partial charge in [-0.15, -0.1) is 0 Å². The number of nitrogens with one attached hydrogen (secondary N) is 1. The van der Waals surface area contributed by atoms with Crippen LogP contribution in [0.25, 0.3) is 10.9 Å². The molecule has 0 unspecified atom stereocenters. The van der Waals surface area contributed by atoms with E-state index in [9.17, 15) is 9.18 Å². The van der Waals surface area contributed by atoms with Crippen LogP contribution in [-0.2, 0) is 0 Å². The molecule has 1 heterocycles. The molecular weight excluding hydrogens is 272 g/mol. The highest BCUT2D eigenvalue weighted by atomic mass is 79.9. The minimum absolute atomic E-state index is 0.161. The Kier molecular flexibility index (Phi) is 2.33. The van der Waals surface area contributed by atoms with E-state index < -0.39 is 5.82 Å². The van der Waals surface area contributed by atoms with Crippen LogP contribution in [0.15, 0.2) is 27.6 Å². The van der Waals surface area contributed by atoms with Crippen molar-refractivity contribution in [1.29, 1.82) is 0 Å². The van der Waals surface area contributed by atoms with Crippen molar-refractivity contribution < 1.29 is 4.39 Å². The first kappa shape index (κ1) is 9.68. The molecule has 0 atom stereocenters. The molecule has 0 saturated carbocycles. The van der Waals surface area contributed by atoms with Gasteiger partial charge in [-0.25, -0.2) is 4.39 Å². The van der Waals surface area contributed by atoms with Crippen LogP contribution in [0.1, 0.15) is 0 Å². The highest BCUT2D eigenvalue weighted by Crippen LogP contribution is 2.29. The van der Waals surface area contributed by atoms with Crippen LogP contribution in [0.3, 0.4) is 0 Å². The Balaban J connectivity index is 3.06. The molecule has 0 saturated heterocycles. The molecule has 0 spiro atoms. The van der Waals surface area contributed by atoms with E-state index in [1.54, 1.807) is 0 Å². The number of pyridine rings is 1. The number of rotatable bonds is 0. The number of H-pyrrole nitrogens is 1. The molecule has 0 radical (unpaired) electrons. The second-order valence-corrected chi connectivity index (χ2v) is 3.95. The van der Waals surface area contributed by atoms with Crippen LogP contribution in [0.2, 0.25) is 5.02 Å². The van der Waals surface area contributed by atoms with Crippen molar-refractivity contribution in [3.05, 3.63) is 43.9 Å². The Morgan fingerprint density at radius 2 is 2.21 bits per heavy atom. The number of aromatic nitrogens is 1. The average molecular weight is 276 g/mol. The van der Waals surface area contributed by atoms with Gasteiger partial charge in [0, 0.05) is 17.6 Å². The molecule has 0 aliphatic carbocycles. The average Bonchev–Trinajstić information content (AvgIpc) is 2.17. The molecule has 1 aromatic carbocycles. The van der Waals surface area contributed by atoms with E-state index in [2.05, 4.69) is 20.9 Å². The number of fused-ring (bicyclic) bond motifs is 1. The molecule has 2 rings (SSSR count). The Labute approximate surface area is 91.8 Å². The Morgan fingerprint density at radius 1 is 1.50 bits per heavy atom. The van der Waals surface area contributed by atoms with E-state index in [1.807, 2.05) is 0 Å². The van der Waals surface area contributed by atoms with Gasteiger partial charge in [-0.3, -0.25) is 4.79 Å². The molecule has 0 fully saturated rings. The maximum absolute atomic E-state index is 13.5. The lowest BCUT2D eigenvalue weighted by atomic mass is 10.2. The van der Waals surface area contributed by atoms with Gasteiger partial charge in [-0.1, -0.05) is 11.6 Å². The van der Waals surface area contributed by atoms with Crippen LogP contribution in [0.5, 0.6) is 0 Å². The fourth-order valence-corrected chi connectivity index (χ4v) is 1.73. The number of benzene rings is 1. The van der Waals surface area contributed by atoms with E-state index in [4.69, 9.17) is 11.6 Å². The van der Waals surface area contributed by atoms with Gasteiger partial charge < -0.3 is 4.98 Å². The summed E-state index contributed by atoms with van der Waals surface area (Å²) in [5.41, 5.74) is -0.0965. The minimum atomic E-state index is -0.551. The lowest BCUT2D eigenvalue weighted by Gasteiger charge is -2.02. The quantitative estimate of drug-likeness (QED) is 0.737. The van der Waals surface area contributed by atoms with Crippen molar-refractivity contribution in [3.63, 3.8) is 0 Å². The highest BCUT2D eigenvalue weighted by molar-refractivity contribution is 9.10. The number of halogens is 3. The first-order valence-corrected chi connectivity index (χ1v) is 4.93. The maximum atomic E-state index is 13.5.